The van der Waals surface area contributed by atoms with Crippen molar-refractivity contribution in [2.24, 2.45) is 5.92 Å². The fraction of sp³-hybridized carbons (Fsp3) is 0.419. The molecule has 1 aliphatic carbocycles. The number of nitrogens with one attached hydrogen (secondary N) is 5. The van der Waals surface area contributed by atoms with E-state index in [1.165, 1.54) is 33.8 Å². The summed E-state index contributed by atoms with van der Waals surface area (Å²) < 4.78 is 29.4. The van der Waals surface area contributed by atoms with Gasteiger partial charge in [-0.25, -0.2) is 4.98 Å². The van der Waals surface area contributed by atoms with Crippen LogP contribution in [0.2, 0.25) is 0 Å². The first-order valence-corrected chi connectivity index (χ1v) is 17.4. The predicted octanol–water partition coefficient (Wildman–Crippen LogP) is 1.96. The monoisotopic (exact) mass is 653 g/mol. The van der Waals surface area contributed by atoms with Crippen LogP contribution in [0.3, 0.4) is 0 Å². The van der Waals surface area contributed by atoms with Crippen molar-refractivity contribution in [3.05, 3.63) is 81.8 Å². The molecule has 5 N–H and O–H groups in total. The first-order chi connectivity index (χ1) is 21.7. The molecule has 1 saturated heterocycles. The van der Waals surface area contributed by atoms with Crippen molar-refractivity contribution in [3.8, 4) is 0 Å². The first kappa shape index (κ1) is 32.5. The first-order valence-electron chi connectivity index (χ1n) is 15.1. The highest BCUT2D eigenvalue weighted by molar-refractivity contribution is 7.90. The van der Waals surface area contributed by atoms with Gasteiger partial charge in [-0.15, -0.1) is 11.3 Å². The molecule has 0 bridgehead atoms. The molecule has 45 heavy (non-hydrogen) atoms. The lowest BCUT2D eigenvalue weighted by atomic mass is 10.0. The van der Waals surface area contributed by atoms with Crippen molar-refractivity contribution in [2.75, 3.05) is 30.5 Å². The third kappa shape index (κ3) is 9.33. The van der Waals surface area contributed by atoms with Gasteiger partial charge in [-0.2, -0.15) is 13.1 Å². The Labute approximate surface area is 267 Å². The normalized spacial score (nSPS) is 17.2. The van der Waals surface area contributed by atoms with Crippen molar-refractivity contribution >= 4 is 45.0 Å². The summed E-state index contributed by atoms with van der Waals surface area (Å²) in [5.41, 5.74) is 1.50. The van der Waals surface area contributed by atoms with E-state index in [4.69, 9.17) is 0 Å². The van der Waals surface area contributed by atoms with Crippen LogP contribution in [0, 0.1) is 5.92 Å². The molecule has 1 saturated carbocycles. The van der Waals surface area contributed by atoms with E-state index < -0.39 is 34.1 Å². The molecule has 5 rings (SSSR count). The number of hydrogen-bond acceptors (Lipinski definition) is 8. The molecule has 0 radical (unpaired) electrons. The van der Waals surface area contributed by atoms with E-state index >= 15 is 0 Å². The lowest BCUT2D eigenvalue weighted by Crippen LogP contribution is -2.50. The van der Waals surface area contributed by atoms with Crippen molar-refractivity contribution in [2.45, 2.75) is 51.2 Å². The lowest BCUT2D eigenvalue weighted by molar-refractivity contribution is -0.122. The Balaban J connectivity index is 1.35. The summed E-state index contributed by atoms with van der Waals surface area (Å²) in [6.07, 6.45) is 4.99. The second-order valence-corrected chi connectivity index (χ2v) is 14.0. The standard InChI is InChI=1S/C31H39N7O5S2/c1-21(29(39)34-18-23-8-9-23)33-19-26(14-22-6-3-2-4-7-22)37-31(41)25-15-24(30(40)35-20-28-32-11-13-44-28)16-27(17-25)38-12-5-10-36-45(38,42)43/h2-4,6-7,11,13,15-17,21,23,26,33,36H,5,8-10,12,14,18-20H2,1H3,(H,34,39)(H,35,40)(H,37,41)/t21-,26-/m0/s1. The van der Waals surface area contributed by atoms with Crippen LogP contribution >= 0.6 is 11.3 Å². The van der Waals surface area contributed by atoms with Gasteiger partial charge in [0, 0.05) is 54.9 Å². The fourth-order valence-electron chi connectivity index (χ4n) is 4.98. The van der Waals surface area contributed by atoms with Gasteiger partial charge in [-0.3, -0.25) is 18.7 Å². The Kier molecular flexibility index (Phi) is 10.8. The van der Waals surface area contributed by atoms with Gasteiger partial charge in [0.1, 0.15) is 5.01 Å². The van der Waals surface area contributed by atoms with E-state index in [-0.39, 0.29) is 35.8 Å². The maximum Gasteiger partial charge on any atom is 0.301 e. The molecule has 1 aromatic heterocycles. The topological polar surface area (TPSA) is 162 Å². The summed E-state index contributed by atoms with van der Waals surface area (Å²) in [4.78, 5) is 43.8. The largest absolute Gasteiger partial charge is 0.354 e. The van der Waals surface area contributed by atoms with E-state index in [2.05, 4.69) is 31.0 Å². The van der Waals surface area contributed by atoms with Crippen LogP contribution in [0.15, 0.2) is 60.1 Å². The molecule has 12 nitrogen and oxygen atoms in total. The quantitative estimate of drug-likeness (QED) is 0.178. The Hall–Kier alpha value is -3.85. The van der Waals surface area contributed by atoms with Gasteiger partial charge in [-0.05, 0) is 62.3 Å². The number of carbonyl (C=O) groups is 3. The van der Waals surface area contributed by atoms with Crippen LogP contribution in [0.25, 0.3) is 0 Å². The van der Waals surface area contributed by atoms with Gasteiger partial charge >= 0.3 is 10.2 Å². The van der Waals surface area contributed by atoms with Crippen molar-refractivity contribution in [3.63, 3.8) is 0 Å². The summed E-state index contributed by atoms with van der Waals surface area (Å²) in [5.74, 6) is -0.458. The van der Waals surface area contributed by atoms with E-state index in [9.17, 15) is 22.8 Å². The van der Waals surface area contributed by atoms with Crippen molar-refractivity contribution in [1.82, 2.24) is 31.0 Å². The molecule has 2 aliphatic rings. The molecule has 3 aromatic rings. The molecule has 3 amide bonds. The zero-order chi connectivity index (χ0) is 31.8. The highest BCUT2D eigenvalue weighted by Crippen LogP contribution is 2.27. The second-order valence-electron chi connectivity index (χ2n) is 11.4. The zero-order valence-electron chi connectivity index (χ0n) is 25.1. The zero-order valence-corrected chi connectivity index (χ0v) is 26.8. The van der Waals surface area contributed by atoms with Gasteiger partial charge in [0.25, 0.3) is 11.8 Å². The fourth-order valence-corrected chi connectivity index (χ4v) is 6.85. The maximum atomic E-state index is 13.8. The van der Waals surface area contributed by atoms with Gasteiger partial charge < -0.3 is 21.3 Å². The molecule has 240 valence electrons. The summed E-state index contributed by atoms with van der Waals surface area (Å²) in [6, 6.07) is 13.2. The molecule has 0 spiro atoms. The molecular weight excluding hydrogens is 615 g/mol. The van der Waals surface area contributed by atoms with Gasteiger partial charge in [0.05, 0.1) is 18.3 Å². The Morgan fingerprint density at radius 2 is 1.82 bits per heavy atom. The number of carbonyl (C=O) groups excluding carboxylic acids is 3. The number of benzene rings is 2. The van der Waals surface area contributed by atoms with Crippen LogP contribution < -0.4 is 30.3 Å². The summed E-state index contributed by atoms with van der Waals surface area (Å²) in [6.45, 7) is 3.49. The van der Waals surface area contributed by atoms with Crippen LogP contribution in [0.5, 0.6) is 0 Å². The third-order valence-corrected chi connectivity index (χ3v) is 10.0. The van der Waals surface area contributed by atoms with E-state index in [1.807, 2.05) is 30.3 Å². The molecule has 2 aromatic carbocycles. The second kappa shape index (κ2) is 15.0. The number of nitrogens with zero attached hydrogens (tertiary/aromatic N) is 2. The maximum absolute atomic E-state index is 13.8. The van der Waals surface area contributed by atoms with Gasteiger partial charge in [-0.1, -0.05) is 30.3 Å². The van der Waals surface area contributed by atoms with Crippen LogP contribution in [0.4, 0.5) is 5.69 Å². The smallest absolute Gasteiger partial charge is 0.301 e. The number of aromatic nitrogens is 1. The Morgan fingerprint density at radius 1 is 1.07 bits per heavy atom. The summed E-state index contributed by atoms with van der Waals surface area (Å²) in [7, 11) is -3.84. The minimum Gasteiger partial charge on any atom is -0.354 e. The SMILES string of the molecule is C[C@H](NC[C@H](Cc1ccccc1)NC(=O)c1cc(C(=O)NCc2nccs2)cc(N2CCCNS2(=O)=O)c1)C(=O)NCC1CC1. The van der Waals surface area contributed by atoms with Crippen molar-refractivity contribution < 1.29 is 22.8 Å². The third-order valence-electron chi connectivity index (χ3n) is 7.71. The number of amides is 3. The molecule has 0 unspecified atom stereocenters. The summed E-state index contributed by atoms with van der Waals surface area (Å²) in [5, 5.41) is 14.6. The van der Waals surface area contributed by atoms with Crippen molar-refractivity contribution in [1.29, 1.82) is 0 Å². The molecule has 14 heteroatoms. The minimum absolute atomic E-state index is 0.0934. The van der Waals surface area contributed by atoms with Crippen LogP contribution in [-0.2, 0) is 28.0 Å². The van der Waals surface area contributed by atoms with Gasteiger partial charge in [0.15, 0.2) is 0 Å². The average Bonchev–Trinajstić information content (AvgIpc) is 3.72. The molecule has 1 aliphatic heterocycles. The highest BCUT2D eigenvalue weighted by atomic mass is 32.2. The average molecular weight is 654 g/mol. The molecule has 2 fully saturated rings. The van der Waals surface area contributed by atoms with Crippen LogP contribution in [0.1, 0.15) is 57.5 Å². The van der Waals surface area contributed by atoms with E-state index in [0.29, 0.717) is 43.4 Å². The predicted molar refractivity (Wildman–Crippen MR) is 173 cm³/mol. The van der Waals surface area contributed by atoms with Crippen LogP contribution in [-0.4, -0.2) is 69.4 Å². The Bertz CT molecular complexity index is 1580. The van der Waals surface area contributed by atoms with E-state index in [1.54, 1.807) is 18.5 Å². The number of hydrogen-bond donors (Lipinski definition) is 5. The number of rotatable bonds is 14. The molecule has 2 atom stereocenters. The summed E-state index contributed by atoms with van der Waals surface area (Å²) >= 11 is 1.40. The molecule has 2 heterocycles. The highest BCUT2D eigenvalue weighted by Gasteiger charge is 2.28. The lowest BCUT2D eigenvalue weighted by Gasteiger charge is -2.29. The van der Waals surface area contributed by atoms with Gasteiger partial charge in [0.2, 0.25) is 5.91 Å². The number of anilines is 1. The number of thiazole rings is 1. The molecular formula is C31H39N7O5S2. The Morgan fingerprint density at radius 3 is 2.51 bits per heavy atom. The van der Waals surface area contributed by atoms with E-state index in [0.717, 1.165) is 18.4 Å². The minimum atomic E-state index is -3.84.